The number of likely N-dealkylation sites (tertiary alicyclic amines) is 1. The number of piperidine rings is 1. The molecule has 0 bridgehead atoms. The van der Waals surface area contributed by atoms with E-state index in [2.05, 4.69) is 24.8 Å². The molecule has 4 atom stereocenters. The van der Waals surface area contributed by atoms with Crippen LogP contribution in [0.4, 0.5) is 0 Å². The molecule has 7 nitrogen and oxygen atoms in total. The van der Waals surface area contributed by atoms with Crippen molar-refractivity contribution in [2.24, 2.45) is 17.8 Å². The summed E-state index contributed by atoms with van der Waals surface area (Å²) in [6.07, 6.45) is 4.51. The summed E-state index contributed by atoms with van der Waals surface area (Å²) in [5.74, 6) is 0.997. The molecule has 41 heavy (non-hydrogen) atoms. The molecule has 220 valence electrons. The van der Waals surface area contributed by atoms with Crippen LogP contribution in [0.1, 0.15) is 75.7 Å². The van der Waals surface area contributed by atoms with Crippen molar-refractivity contribution in [3.05, 3.63) is 65.7 Å². The SMILES string of the molecule is CC(=O)Oc1cccc([C@@]23CCN(CC4CC4)C[C@H]2C(OC(C)=O)C[C@@H](N(CC(C)C)C(=O)c2ccccc2)C3)c1. The van der Waals surface area contributed by atoms with Gasteiger partial charge in [-0.1, -0.05) is 44.2 Å². The lowest BCUT2D eigenvalue weighted by Crippen LogP contribution is -2.62. The highest BCUT2D eigenvalue weighted by atomic mass is 16.5. The predicted molar refractivity (Wildman–Crippen MR) is 158 cm³/mol. The molecule has 1 heterocycles. The van der Waals surface area contributed by atoms with Gasteiger partial charge in [-0.25, -0.2) is 0 Å². The fourth-order valence-corrected chi connectivity index (χ4v) is 7.21. The summed E-state index contributed by atoms with van der Waals surface area (Å²) < 4.78 is 11.7. The second kappa shape index (κ2) is 12.4. The zero-order valence-electron chi connectivity index (χ0n) is 24.9. The molecule has 3 aliphatic rings. The molecule has 2 aromatic carbocycles. The quantitative estimate of drug-likeness (QED) is 0.299. The molecule has 1 aliphatic heterocycles. The first kappa shape index (κ1) is 29.3. The smallest absolute Gasteiger partial charge is 0.308 e. The first-order valence-electron chi connectivity index (χ1n) is 15.2. The van der Waals surface area contributed by atoms with E-state index in [1.54, 1.807) is 0 Å². The predicted octanol–water partition coefficient (Wildman–Crippen LogP) is 5.47. The van der Waals surface area contributed by atoms with E-state index in [4.69, 9.17) is 9.47 Å². The average Bonchev–Trinajstić information content (AvgIpc) is 3.75. The molecular formula is C34H44N2O5. The summed E-state index contributed by atoms with van der Waals surface area (Å²) in [6.45, 7) is 10.7. The Hall–Kier alpha value is -3.19. The van der Waals surface area contributed by atoms with Gasteiger partial charge in [0, 0.05) is 62.8 Å². The minimum Gasteiger partial charge on any atom is -0.462 e. The molecule has 2 saturated carbocycles. The lowest BCUT2D eigenvalue weighted by atomic mass is 9.56. The van der Waals surface area contributed by atoms with E-state index in [9.17, 15) is 14.4 Å². The maximum absolute atomic E-state index is 14.0. The van der Waals surface area contributed by atoms with Crippen molar-refractivity contribution in [2.75, 3.05) is 26.2 Å². The highest BCUT2D eigenvalue weighted by Crippen LogP contribution is 2.52. The zero-order chi connectivity index (χ0) is 29.1. The van der Waals surface area contributed by atoms with Crippen molar-refractivity contribution in [3.8, 4) is 5.75 Å². The zero-order valence-corrected chi connectivity index (χ0v) is 24.9. The fourth-order valence-electron chi connectivity index (χ4n) is 7.21. The number of carbonyl (C=O) groups is 3. The van der Waals surface area contributed by atoms with Crippen molar-refractivity contribution < 1.29 is 23.9 Å². The molecule has 1 unspecified atom stereocenters. The first-order chi connectivity index (χ1) is 19.6. The lowest BCUT2D eigenvalue weighted by molar-refractivity contribution is -0.159. The number of hydrogen-bond donors (Lipinski definition) is 0. The third kappa shape index (κ3) is 6.83. The second-order valence-corrected chi connectivity index (χ2v) is 12.8. The molecule has 0 spiro atoms. The van der Waals surface area contributed by atoms with Crippen LogP contribution in [0.3, 0.4) is 0 Å². The van der Waals surface area contributed by atoms with Gasteiger partial charge in [-0.2, -0.15) is 0 Å². The van der Waals surface area contributed by atoms with E-state index in [1.807, 2.05) is 53.4 Å². The summed E-state index contributed by atoms with van der Waals surface area (Å²) in [6, 6.07) is 17.2. The second-order valence-electron chi connectivity index (χ2n) is 12.8. The van der Waals surface area contributed by atoms with Crippen LogP contribution in [0.2, 0.25) is 0 Å². The number of nitrogens with zero attached hydrogens (tertiary/aromatic N) is 2. The Bertz CT molecular complexity index is 1240. The average molecular weight is 561 g/mol. The van der Waals surface area contributed by atoms with Gasteiger partial charge in [-0.15, -0.1) is 0 Å². The molecule has 3 fully saturated rings. The minimum atomic E-state index is -0.355. The molecule has 1 amide bonds. The van der Waals surface area contributed by atoms with Crippen LogP contribution in [-0.4, -0.2) is 66.0 Å². The van der Waals surface area contributed by atoms with E-state index in [0.29, 0.717) is 24.3 Å². The van der Waals surface area contributed by atoms with Crippen LogP contribution in [-0.2, 0) is 19.7 Å². The Morgan fingerprint density at radius 3 is 2.44 bits per heavy atom. The molecular weight excluding hydrogens is 516 g/mol. The first-order valence-corrected chi connectivity index (χ1v) is 15.2. The molecule has 5 rings (SSSR count). The number of hydrogen-bond acceptors (Lipinski definition) is 6. The van der Waals surface area contributed by atoms with E-state index >= 15 is 0 Å². The maximum atomic E-state index is 14.0. The van der Waals surface area contributed by atoms with Gasteiger partial charge in [-0.05, 0) is 73.9 Å². The topological polar surface area (TPSA) is 76.2 Å². The van der Waals surface area contributed by atoms with Crippen molar-refractivity contribution >= 4 is 17.8 Å². The summed E-state index contributed by atoms with van der Waals surface area (Å²) in [5.41, 5.74) is 1.42. The normalized spacial score (nSPS) is 26.2. The van der Waals surface area contributed by atoms with Gasteiger partial charge in [0.25, 0.3) is 5.91 Å². The van der Waals surface area contributed by atoms with E-state index in [0.717, 1.165) is 44.0 Å². The van der Waals surface area contributed by atoms with Gasteiger partial charge in [-0.3, -0.25) is 14.4 Å². The van der Waals surface area contributed by atoms with Crippen LogP contribution in [0.25, 0.3) is 0 Å². The molecule has 0 aromatic heterocycles. The van der Waals surface area contributed by atoms with Gasteiger partial charge in [0.15, 0.2) is 0 Å². The highest BCUT2D eigenvalue weighted by Gasteiger charge is 2.55. The van der Waals surface area contributed by atoms with Crippen LogP contribution >= 0.6 is 0 Å². The number of ether oxygens (including phenoxy) is 2. The summed E-state index contributed by atoms with van der Waals surface area (Å²) in [4.78, 5) is 42.9. The van der Waals surface area contributed by atoms with Gasteiger partial charge in [0.2, 0.25) is 0 Å². The van der Waals surface area contributed by atoms with E-state index < -0.39 is 0 Å². The van der Waals surface area contributed by atoms with E-state index in [-0.39, 0.29) is 47.2 Å². The van der Waals surface area contributed by atoms with Crippen LogP contribution < -0.4 is 4.74 Å². The number of esters is 2. The number of amides is 1. The largest absolute Gasteiger partial charge is 0.462 e. The van der Waals surface area contributed by atoms with Crippen LogP contribution in [0, 0.1) is 17.8 Å². The summed E-state index contributed by atoms with van der Waals surface area (Å²) in [5, 5.41) is 0. The molecule has 0 radical (unpaired) electrons. The maximum Gasteiger partial charge on any atom is 0.308 e. The Morgan fingerprint density at radius 2 is 1.78 bits per heavy atom. The molecule has 1 saturated heterocycles. The third-order valence-corrected chi connectivity index (χ3v) is 9.08. The van der Waals surface area contributed by atoms with Crippen LogP contribution in [0.15, 0.2) is 54.6 Å². The molecule has 0 N–H and O–H groups in total. The summed E-state index contributed by atoms with van der Waals surface area (Å²) in [7, 11) is 0. The van der Waals surface area contributed by atoms with Gasteiger partial charge in [0.1, 0.15) is 11.9 Å². The molecule has 2 aromatic rings. The number of benzene rings is 2. The lowest BCUT2D eigenvalue weighted by Gasteiger charge is -2.57. The Kier molecular flexibility index (Phi) is 8.83. The Morgan fingerprint density at radius 1 is 1.02 bits per heavy atom. The minimum absolute atomic E-state index is 0.0132. The number of fused-ring (bicyclic) bond motifs is 1. The third-order valence-electron chi connectivity index (χ3n) is 9.08. The monoisotopic (exact) mass is 560 g/mol. The van der Waals surface area contributed by atoms with Crippen molar-refractivity contribution in [2.45, 2.75) is 77.4 Å². The Labute approximate surface area is 244 Å². The standard InChI is InChI=1S/C34H44N2O5/c1-23(2)20-36(33(39)27-9-6-5-7-10-27)29-18-32(41-25(4)38)31-22-35(21-26-13-14-26)16-15-34(31,19-29)28-11-8-12-30(17-28)40-24(3)37/h5-12,17,23,26,29,31-32H,13-16,18-22H2,1-4H3/t29-,31+,32?,34+/m1/s1. The summed E-state index contributed by atoms with van der Waals surface area (Å²) >= 11 is 0. The highest BCUT2D eigenvalue weighted by molar-refractivity contribution is 5.94. The van der Waals surface area contributed by atoms with Gasteiger partial charge in [0.05, 0.1) is 0 Å². The van der Waals surface area contributed by atoms with Crippen molar-refractivity contribution in [1.29, 1.82) is 0 Å². The fraction of sp³-hybridized carbons (Fsp3) is 0.559. The van der Waals surface area contributed by atoms with Crippen molar-refractivity contribution in [3.63, 3.8) is 0 Å². The molecule has 7 heteroatoms. The number of carbonyl (C=O) groups excluding carboxylic acids is 3. The van der Waals surface area contributed by atoms with Crippen molar-refractivity contribution in [1.82, 2.24) is 9.80 Å². The van der Waals surface area contributed by atoms with Crippen LogP contribution in [0.5, 0.6) is 5.75 Å². The Balaban J connectivity index is 1.57. The molecule has 2 aliphatic carbocycles. The van der Waals surface area contributed by atoms with Gasteiger partial charge < -0.3 is 19.3 Å². The number of rotatable bonds is 9. The van der Waals surface area contributed by atoms with E-state index in [1.165, 1.54) is 26.7 Å². The van der Waals surface area contributed by atoms with Gasteiger partial charge >= 0.3 is 11.9 Å².